The van der Waals surface area contributed by atoms with Crippen LogP contribution in [0.15, 0.2) is 30.3 Å². The van der Waals surface area contributed by atoms with Crippen molar-refractivity contribution in [3.63, 3.8) is 0 Å². The Bertz CT molecular complexity index is 597. The standard InChI is InChI=1S/C17H18O4/c18-15-10-14(12-8-4-5-9-13(12)17(19)20)16(21-15)11-6-2-1-3-7-11/h4-5,8-11,16H,1-3,6-7H2,(H,19,20). The van der Waals surface area contributed by atoms with Crippen LogP contribution in [-0.2, 0) is 9.53 Å². The zero-order valence-corrected chi connectivity index (χ0v) is 11.7. The molecule has 1 fully saturated rings. The molecule has 110 valence electrons. The number of ether oxygens (including phenoxy) is 1. The first kappa shape index (κ1) is 13.9. The third-order valence-corrected chi connectivity index (χ3v) is 4.37. The number of hydrogen-bond acceptors (Lipinski definition) is 3. The smallest absolute Gasteiger partial charge is 0.336 e. The minimum atomic E-state index is -0.978. The molecule has 1 aromatic rings. The summed E-state index contributed by atoms with van der Waals surface area (Å²) in [7, 11) is 0. The number of carboxylic acids is 1. The van der Waals surface area contributed by atoms with Crippen molar-refractivity contribution in [1.82, 2.24) is 0 Å². The Morgan fingerprint density at radius 1 is 1.14 bits per heavy atom. The molecule has 4 nitrogen and oxygen atoms in total. The molecule has 1 saturated carbocycles. The number of carbonyl (C=O) groups is 2. The molecule has 4 heteroatoms. The molecule has 21 heavy (non-hydrogen) atoms. The van der Waals surface area contributed by atoms with Gasteiger partial charge >= 0.3 is 11.9 Å². The lowest BCUT2D eigenvalue weighted by Crippen LogP contribution is -2.25. The summed E-state index contributed by atoms with van der Waals surface area (Å²) in [6, 6.07) is 6.82. The predicted octanol–water partition coefficient (Wildman–Crippen LogP) is 3.27. The van der Waals surface area contributed by atoms with E-state index in [1.165, 1.54) is 12.5 Å². The SMILES string of the molecule is O=C1C=C(c2ccccc2C(=O)O)C(C2CCCCC2)O1. The van der Waals surface area contributed by atoms with Crippen LogP contribution in [0.1, 0.15) is 48.0 Å². The summed E-state index contributed by atoms with van der Waals surface area (Å²) in [5, 5.41) is 9.34. The topological polar surface area (TPSA) is 63.6 Å². The van der Waals surface area contributed by atoms with E-state index in [2.05, 4.69) is 0 Å². The fourth-order valence-electron chi connectivity index (χ4n) is 3.37. The third-order valence-electron chi connectivity index (χ3n) is 4.37. The Hall–Kier alpha value is -2.10. The van der Waals surface area contributed by atoms with Crippen molar-refractivity contribution in [1.29, 1.82) is 0 Å². The van der Waals surface area contributed by atoms with Gasteiger partial charge < -0.3 is 9.84 Å². The van der Waals surface area contributed by atoms with E-state index in [4.69, 9.17) is 4.74 Å². The third kappa shape index (κ3) is 2.71. The Labute approximate surface area is 123 Å². The summed E-state index contributed by atoms with van der Waals surface area (Å²) in [5.41, 5.74) is 1.55. The Balaban J connectivity index is 1.97. The van der Waals surface area contributed by atoms with Crippen LogP contribution in [0.4, 0.5) is 0 Å². The van der Waals surface area contributed by atoms with Gasteiger partial charge in [-0.25, -0.2) is 9.59 Å². The van der Waals surface area contributed by atoms with Gasteiger partial charge in [0.05, 0.1) is 5.56 Å². The molecule has 0 amide bonds. The zero-order chi connectivity index (χ0) is 14.8. The quantitative estimate of drug-likeness (QED) is 0.866. The van der Waals surface area contributed by atoms with E-state index >= 15 is 0 Å². The van der Waals surface area contributed by atoms with Crippen LogP contribution in [0, 0.1) is 5.92 Å². The van der Waals surface area contributed by atoms with Crippen LogP contribution in [0.5, 0.6) is 0 Å². The van der Waals surface area contributed by atoms with Crippen molar-refractivity contribution in [2.45, 2.75) is 38.2 Å². The second-order valence-corrected chi connectivity index (χ2v) is 5.71. The fraction of sp³-hybridized carbons (Fsp3) is 0.412. The van der Waals surface area contributed by atoms with Gasteiger partial charge in [0.1, 0.15) is 6.10 Å². The molecule has 0 saturated heterocycles. The maximum absolute atomic E-state index is 11.7. The minimum Gasteiger partial charge on any atom is -0.478 e. The van der Waals surface area contributed by atoms with Gasteiger partial charge in [-0.1, -0.05) is 37.5 Å². The van der Waals surface area contributed by atoms with Gasteiger partial charge in [0.15, 0.2) is 0 Å². The van der Waals surface area contributed by atoms with Crippen molar-refractivity contribution < 1.29 is 19.4 Å². The van der Waals surface area contributed by atoms with Gasteiger partial charge in [0.2, 0.25) is 0 Å². The maximum atomic E-state index is 11.7. The number of cyclic esters (lactones) is 1. The van der Waals surface area contributed by atoms with Gasteiger partial charge in [-0.2, -0.15) is 0 Å². The normalized spacial score (nSPS) is 22.8. The summed E-state index contributed by atoms with van der Waals surface area (Å²) in [6.45, 7) is 0. The Morgan fingerprint density at radius 2 is 1.86 bits per heavy atom. The molecule has 0 bridgehead atoms. The lowest BCUT2D eigenvalue weighted by molar-refractivity contribution is -0.140. The number of hydrogen-bond donors (Lipinski definition) is 1. The van der Waals surface area contributed by atoms with Gasteiger partial charge in [0, 0.05) is 17.6 Å². The molecule has 1 N–H and O–H groups in total. The van der Waals surface area contributed by atoms with E-state index in [0.29, 0.717) is 11.5 Å². The van der Waals surface area contributed by atoms with Crippen LogP contribution >= 0.6 is 0 Å². The first-order valence-corrected chi connectivity index (χ1v) is 7.41. The van der Waals surface area contributed by atoms with Gasteiger partial charge in [0.25, 0.3) is 0 Å². The molecule has 3 rings (SSSR count). The second-order valence-electron chi connectivity index (χ2n) is 5.71. The summed E-state index contributed by atoms with van der Waals surface area (Å²) in [6.07, 6.45) is 6.75. The molecule has 0 radical (unpaired) electrons. The highest BCUT2D eigenvalue weighted by atomic mass is 16.5. The molecule has 1 atom stereocenters. The largest absolute Gasteiger partial charge is 0.478 e. The fourth-order valence-corrected chi connectivity index (χ4v) is 3.37. The second kappa shape index (κ2) is 5.72. The van der Waals surface area contributed by atoms with E-state index in [1.807, 2.05) is 0 Å². The van der Waals surface area contributed by atoms with E-state index in [1.54, 1.807) is 24.3 Å². The van der Waals surface area contributed by atoms with Crippen LogP contribution in [0.3, 0.4) is 0 Å². The predicted molar refractivity (Wildman–Crippen MR) is 77.8 cm³/mol. The number of rotatable bonds is 3. The number of carbonyl (C=O) groups excluding carboxylic acids is 1. The molecule has 0 aromatic heterocycles. The summed E-state index contributed by atoms with van der Waals surface area (Å²) < 4.78 is 5.48. The summed E-state index contributed by atoms with van der Waals surface area (Å²) in [4.78, 5) is 23.1. The molecular formula is C17H18O4. The van der Waals surface area contributed by atoms with Gasteiger partial charge in [-0.3, -0.25) is 0 Å². The molecule has 1 unspecified atom stereocenters. The molecule has 1 aliphatic heterocycles. The average molecular weight is 286 g/mol. The summed E-state index contributed by atoms with van der Waals surface area (Å²) in [5.74, 6) is -1.03. The van der Waals surface area contributed by atoms with E-state index in [-0.39, 0.29) is 17.6 Å². The highest BCUT2D eigenvalue weighted by molar-refractivity contribution is 6.02. The highest BCUT2D eigenvalue weighted by Gasteiger charge is 2.36. The first-order chi connectivity index (χ1) is 10.2. The molecular weight excluding hydrogens is 268 g/mol. The van der Waals surface area contributed by atoms with Crippen LogP contribution in [0.25, 0.3) is 5.57 Å². The summed E-state index contributed by atoms with van der Waals surface area (Å²) >= 11 is 0. The molecule has 2 aliphatic rings. The lowest BCUT2D eigenvalue weighted by atomic mass is 9.80. The van der Waals surface area contributed by atoms with Crippen LogP contribution in [0.2, 0.25) is 0 Å². The minimum absolute atomic E-state index is 0.225. The first-order valence-electron chi connectivity index (χ1n) is 7.41. The maximum Gasteiger partial charge on any atom is 0.336 e. The molecule has 0 spiro atoms. The number of carboxylic acid groups (broad SMARTS) is 1. The van der Waals surface area contributed by atoms with Crippen molar-refractivity contribution in [2.75, 3.05) is 0 Å². The van der Waals surface area contributed by atoms with Crippen LogP contribution in [-0.4, -0.2) is 23.1 Å². The van der Waals surface area contributed by atoms with Crippen molar-refractivity contribution in [2.24, 2.45) is 5.92 Å². The van der Waals surface area contributed by atoms with Crippen molar-refractivity contribution in [3.8, 4) is 0 Å². The monoisotopic (exact) mass is 286 g/mol. The van der Waals surface area contributed by atoms with E-state index < -0.39 is 5.97 Å². The lowest BCUT2D eigenvalue weighted by Gasteiger charge is -2.28. The number of esters is 1. The highest BCUT2D eigenvalue weighted by Crippen LogP contribution is 2.38. The molecule has 1 aliphatic carbocycles. The van der Waals surface area contributed by atoms with E-state index in [9.17, 15) is 14.7 Å². The van der Waals surface area contributed by atoms with Crippen LogP contribution < -0.4 is 0 Å². The molecule has 1 aromatic carbocycles. The Morgan fingerprint density at radius 3 is 2.57 bits per heavy atom. The van der Waals surface area contributed by atoms with Crippen molar-refractivity contribution >= 4 is 17.5 Å². The zero-order valence-electron chi connectivity index (χ0n) is 11.7. The van der Waals surface area contributed by atoms with Crippen molar-refractivity contribution in [3.05, 3.63) is 41.5 Å². The number of aromatic carboxylic acids is 1. The van der Waals surface area contributed by atoms with Gasteiger partial charge in [-0.05, 0) is 24.5 Å². The average Bonchev–Trinajstić information content (AvgIpc) is 2.90. The number of benzene rings is 1. The van der Waals surface area contributed by atoms with Gasteiger partial charge in [-0.15, -0.1) is 0 Å². The molecule has 1 heterocycles. The Kier molecular flexibility index (Phi) is 3.78. The van der Waals surface area contributed by atoms with E-state index in [0.717, 1.165) is 31.3 Å².